The molecule has 0 unspecified atom stereocenters. The van der Waals surface area contributed by atoms with Crippen molar-refractivity contribution in [2.75, 3.05) is 21.3 Å². The van der Waals surface area contributed by atoms with E-state index >= 15 is 0 Å². The number of rotatable bonds is 5. The normalized spacial score (nSPS) is 12.6. The van der Waals surface area contributed by atoms with E-state index in [1.807, 2.05) is 13.8 Å². The molecule has 0 spiro atoms. The maximum absolute atomic E-state index is 10.00. The maximum Gasteiger partial charge on any atom is 0.203 e. The molecule has 0 radical (unpaired) electrons. The van der Waals surface area contributed by atoms with E-state index in [1.165, 1.54) is 20.3 Å². The summed E-state index contributed by atoms with van der Waals surface area (Å²) in [5.74, 6) is 0.354. The number of phenols is 2. The van der Waals surface area contributed by atoms with E-state index in [2.05, 4.69) is 0 Å². The molecule has 0 heterocycles. The molecule has 18 heavy (non-hydrogen) atoms. The summed E-state index contributed by atoms with van der Waals surface area (Å²) in [7, 11) is 4.44. The van der Waals surface area contributed by atoms with Crippen LogP contribution in [0, 0.1) is 5.92 Å². The Balaban J connectivity index is 3.50. The number of benzene rings is 1. The first kappa shape index (κ1) is 14.4. The molecule has 0 fully saturated rings. The zero-order chi connectivity index (χ0) is 13.9. The first-order chi connectivity index (χ1) is 8.47. The van der Waals surface area contributed by atoms with Gasteiger partial charge in [-0.15, -0.1) is 0 Å². The second kappa shape index (κ2) is 5.82. The molecule has 5 nitrogen and oxygen atoms in total. The monoisotopic (exact) mass is 256 g/mol. The van der Waals surface area contributed by atoms with Gasteiger partial charge < -0.3 is 24.4 Å². The van der Waals surface area contributed by atoms with Crippen LogP contribution in [0.4, 0.5) is 0 Å². The van der Waals surface area contributed by atoms with E-state index in [-0.39, 0.29) is 35.0 Å². The van der Waals surface area contributed by atoms with Gasteiger partial charge in [0.05, 0.1) is 25.9 Å². The molecule has 0 amide bonds. The fraction of sp³-hybridized carbons (Fsp3) is 0.538. The Hall–Kier alpha value is -1.62. The van der Waals surface area contributed by atoms with Gasteiger partial charge in [0, 0.05) is 13.2 Å². The van der Waals surface area contributed by atoms with Gasteiger partial charge in [-0.3, -0.25) is 0 Å². The standard InChI is InChI=1S/C13H20O5/c1-7(2)11(16-3)10-8(14)6-9(15)12(17-4)13(10)18-5/h6-7,11,14-15H,1-5H3/t11-/m1/s1. The van der Waals surface area contributed by atoms with Crippen molar-refractivity contribution in [1.82, 2.24) is 0 Å². The number of hydrogen-bond acceptors (Lipinski definition) is 5. The lowest BCUT2D eigenvalue weighted by molar-refractivity contribution is 0.0600. The highest BCUT2D eigenvalue weighted by molar-refractivity contribution is 5.61. The topological polar surface area (TPSA) is 68.2 Å². The van der Waals surface area contributed by atoms with E-state index in [1.54, 1.807) is 7.11 Å². The summed E-state index contributed by atoms with van der Waals surface area (Å²) in [6, 6.07) is 1.23. The number of ether oxygens (including phenoxy) is 3. The van der Waals surface area contributed by atoms with Gasteiger partial charge in [0.2, 0.25) is 5.75 Å². The van der Waals surface area contributed by atoms with Crippen LogP contribution in [-0.2, 0) is 4.74 Å². The van der Waals surface area contributed by atoms with Crippen LogP contribution in [0.25, 0.3) is 0 Å². The summed E-state index contributed by atoms with van der Waals surface area (Å²) in [6.07, 6.45) is -0.352. The van der Waals surface area contributed by atoms with Crippen LogP contribution in [0.2, 0.25) is 0 Å². The first-order valence-electron chi connectivity index (χ1n) is 5.67. The maximum atomic E-state index is 10.00. The molecular formula is C13H20O5. The van der Waals surface area contributed by atoms with E-state index in [9.17, 15) is 10.2 Å². The largest absolute Gasteiger partial charge is 0.507 e. The molecule has 102 valence electrons. The Morgan fingerprint density at radius 1 is 0.944 bits per heavy atom. The third-order valence-electron chi connectivity index (χ3n) is 2.79. The van der Waals surface area contributed by atoms with Crippen LogP contribution >= 0.6 is 0 Å². The van der Waals surface area contributed by atoms with Crippen molar-refractivity contribution in [1.29, 1.82) is 0 Å². The van der Waals surface area contributed by atoms with E-state index in [0.29, 0.717) is 5.56 Å². The Bertz CT molecular complexity index is 414. The molecule has 5 heteroatoms. The molecule has 1 aromatic rings. The number of phenolic OH excluding ortho intramolecular Hbond substituents is 2. The van der Waals surface area contributed by atoms with Crippen LogP contribution in [0.3, 0.4) is 0 Å². The number of hydrogen-bond donors (Lipinski definition) is 2. The van der Waals surface area contributed by atoms with Crippen molar-refractivity contribution in [3.8, 4) is 23.0 Å². The number of methoxy groups -OCH3 is 3. The quantitative estimate of drug-likeness (QED) is 0.847. The Labute approximate surface area is 107 Å². The predicted octanol–water partition coefficient (Wildman–Crippen LogP) is 2.46. The summed E-state index contributed by atoms with van der Waals surface area (Å²) in [4.78, 5) is 0. The molecule has 1 aromatic carbocycles. The van der Waals surface area contributed by atoms with E-state index in [0.717, 1.165) is 0 Å². The Morgan fingerprint density at radius 2 is 1.50 bits per heavy atom. The van der Waals surface area contributed by atoms with Crippen molar-refractivity contribution in [2.24, 2.45) is 5.92 Å². The van der Waals surface area contributed by atoms with Crippen LogP contribution in [0.5, 0.6) is 23.0 Å². The van der Waals surface area contributed by atoms with Crippen LogP contribution in [-0.4, -0.2) is 31.5 Å². The third kappa shape index (κ3) is 2.46. The minimum atomic E-state index is -0.352. The average Bonchev–Trinajstić information content (AvgIpc) is 2.31. The molecular weight excluding hydrogens is 236 g/mol. The van der Waals surface area contributed by atoms with E-state index < -0.39 is 0 Å². The van der Waals surface area contributed by atoms with E-state index in [4.69, 9.17) is 14.2 Å². The van der Waals surface area contributed by atoms with Crippen molar-refractivity contribution < 1.29 is 24.4 Å². The van der Waals surface area contributed by atoms with Crippen molar-refractivity contribution in [2.45, 2.75) is 20.0 Å². The van der Waals surface area contributed by atoms with Gasteiger partial charge in [-0.2, -0.15) is 0 Å². The Kier molecular flexibility index (Phi) is 4.67. The average molecular weight is 256 g/mol. The lowest BCUT2D eigenvalue weighted by Crippen LogP contribution is -2.11. The van der Waals surface area contributed by atoms with Gasteiger partial charge in [0.25, 0.3) is 0 Å². The van der Waals surface area contributed by atoms with Crippen molar-refractivity contribution in [3.05, 3.63) is 11.6 Å². The van der Waals surface area contributed by atoms with Gasteiger partial charge in [-0.25, -0.2) is 0 Å². The van der Waals surface area contributed by atoms with Gasteiger partial charge in [0.15, 0.2) is 11.5 Å². The lowest BCUT2D eigenvalue weighted by Gasteiger charge is -2.24. The zero-order valence-corrected chi connectivity index (χ0v) is 11.4. The number of aromatic hydroxyl groups is 2. The summed E-state index contributed by atoms with van der Waals surface area (Å²) in [5.41, 5.74) is 0.477. The zero-order valence-electron chi connectivity index (χ0n) is 11.4. The predicted molar refractivity (Wildman–Crippen MR) is 67.5 cm³/mol. The van der Waals surface area contributed by atoms with Crippen LogP contribution < -0.4 is 9.47 Å². The molecule has 0 bridgehead atoms. The summed E-state index contributed by atoms with van der Waals surface area (Å²) < 4.78 is 15.7. The molecule has 2 N–H and O–H groups in total. The first-order valence-corrected chi connectivity index (χ1v) is 5.67. The van der Waals surface area contributed by atoms with Crippen LogP contribution in [0.15, 0.2) is 6.07 Å². The molecule has 1 atom stereocenters. The van der Waals surface area contributed by atoms with Gasteiger partial charge in [0.1, 0.15) is 5.75 Å². The molecule has 0 aliphatic rings. The van der Waals surface area contributed by atoms with Crippen molar-refractivity contribution in [3.63, 3.8) is 0 Å². The summed E-state index contributed by atoms with van der Waals surface area (Å²) >= 11 is 0. The molecule has 0 saturated carbocycles. The minimum absolute atomic E-state index is 0.0781. The highest BCUT2D eigenvalue weighted by atomic mass is 16.5. The highest BCUT2D eigenvalue weighted by Gasteiger charge is 2.28. The fourth-order valence-corrected chi connectivity index (χ4v) is 2.03. The fourth-order valence-electron chi connectivity index (χ4n) is 2.03. The summed E-state index contributed by atoms with van der Waals surface area (Å²) in [6.45, 7) is 3.93. The van der Waals surface area contributed by atoms with Gasteiger partial charge >= 0.3 is 0 Å². The molecule has 0 aliphatic heterocycles. The smallest absolute Gasteiger partial charge is 0.203 e. The molecule has 0 saturated heterocycles. The van der Waals surface area contributed by atoms with Gasteiger partial charge in [-0.1, -0.05) is 13.8 Å². The second-order valence-electron chi connectivity index (χ2n) is 4.30. The van der Waals surface area contributed by atoms with Crippen molar-refractivity contribution >= 4 is 0 Å². The third-order valence-corrected chi connectivity index (χ3v) is 2.79. The molecule has 0 aromatic heterocycles. The van der Waals surface area contributed by atoms with Crippen LogP contribution in [0.1, 0.15) is 25.5 Å². The molecule has 1 rings (SSSR count). The SMILES string of the molecule is COc1c(O)cc(O)c([C@H](OC)C(C)C)c1OC. The molecule has 0 aliphatic carbocycles. The second-order valence-corrected chi connectivity index (χ2v) is 4.30. The minimum Gasteiger partial charge on any atom is -0.507 e. The lowest BCUT2D eigenvalue weighted by atomic mass is 9.96. The summed E-state index contributed by atoms with van der Waals surface area (Å²) in [5, 5.41) is 19.7. The highest BCUT2D eigenvalue weighted by Crippen LogP contribution is 2.48. The Morgan fingerprint density at radius 3 is 1.89 bits per heavy atom. The van der Waals surface area contributed by atoms with Gasteiger partial charge in [-0.05, 0) is 5.92 Å².